The third kappa shape index (κ3) is 6.97. The lowest BCUT2D eigenvalue weighted by Crippen LogP contribution is -2.29. The van der Waals surface area contributed by atoms with E-state index in [2.05, 4.69) is 10.1 Å². The number of carbonyl (C=O) groups is 3. The molecule has 2 aromatic rings. The van der Waals surface area contributed by atoms with Crippen LogP contribution in [0.15, 0.2) is 53.4 Å². The first-order valence-corrected chi connectivity index (χ1v) is 11.6. The second-order valence-corrected chi connectivity index (χ2v) is 8.99. The summed E-state index contributed by atoms with van der Waals surface area (Å²) in [5.41, 5.74) is 1.66. The minimum absolute atomic E-state index is 0.147. The van der Waals surface area contributed by atoms with Crippen LogP contribution in [0.1, 0.15) is 41.6 Å². The van der Waals surface area contributed by atoms with Gasteiger partial charge in [-0.3, -0.25) is 14.5 Å². The van der Waals surface area contributed by atoms with Crippen LogP contribution >= 0.6 is 24.0 Å². The van der Waals surface area contributed by atoms with Crippen molar-refractivity contribution in [3.63, 3.8) is 0 Å². The van der Waals surface area contributed by atoms with Crippen molar-refractivity contribution in [2.75, 3.05) is 19.0 Å². The summed E-state index contributed by atoms with van der Waals surface area (Å²) in [5.74, 6) is -1.14. The average Bonchev–Trinajstić information content (AvgIpc) is 3.06. The largest absolute Gasteiger partial charge is 0.465 e. The van der Waals surface area contributed by atoms with E-state index >= 15 is 0 Å². The highest BCUT2D eigenvalue weighted by atomic mass is 32.2. The van der Waals surface area contributed by atoms with Crippen LogP contribution in [0.5, 0.6) is 0 Å². The van der Waals surface area contributed by atoms with Crippen molar-refractivity contribution in [3.8, 4) is 0 Å². The van der Waals surface area contributed by atoms with Gasteiger partial charge in [-0.25, -0.2) is 9.18 Å². The number of thioether (sulfide) groups is 1. The zero-order valence-corrected chi connectivity index (χ0v) is 19.6. The summed E-state index contributed by atoms with van der Waals surface area (Å²) < 4.78 is 18.4. The zero-order valence-electron chi connectivity index (χ0n) is 18.0. The zero-order chi connectivity index (χ0) is 23.8. The quantitative estimate of drug-likeness (QED) is 0.232. The number of esters is 1. The molecule has 1 heterocycles. The van der Waals surface area contributed by atoms with E-state index in [0.717, 1.165) is 12.0 Å². The molecule has 0 aromatic heterocycles. The molecule has 33 heavy (non-hydrogen) atoms. The predicted molar refractivity (Wildman–Crippen MR) is 131 cm³/mol. The number of ether oxygens (including phenoxy) is 1. The number of halogens is 1. The topological polar surface area (TPSA) is 75.7 Å². The predicted octanol–water partition coefficient (Wildman–Crippen LogP) is 5.01. The maximum atomic E-state index is 13.2. The average molecular weight is 487 g/mol. The fourth-order valence-electron chi connectivity index (χ4n) is 3.20. The summed E-state index contributed by atoms with van der Waals surface area (Å²) >= 11 is 6.60. The first-order valence-electron chi connectivity index (χ1n) is 10.4. The van der Waals surface area contributed by atoms with Gasteiger partial charge in [0.2, 0.25) is 5.91 Å². The second kappa shape index (κ2) is 11.7. The van der Waals surface area contributed by atoms with Crippen molar-refractivity contribution in [3.05, 3.63) is 70.4 Å². The number of hydrogen-bond donors (Lipinski definition) is 1. The van der Waals surface area contributed by atoms with Crippen molar-refractivity contribution in [2.45, 2.75) is 25.7 Å². The molecule has 0 spiro atoms. The highest BCUT2D eigenvalue weighted by Gasteiger charge is 2.31. The van der Waals surface area contributed by atoms with Crippen LogP contribution in [-0.2, 0) is 14.3 Å². The molecule has 0 unspecified atom stereocenters. The number of anilines is 1. The van der Waals surface area contributed by atoms with Crippen LogP contribution in [0.3, 0.4) is 0 Å². The summed E-state index contributed by atoms with van der Waals surface area (Å²) in [6.45, 7) is 0.481. The van der Waals surface area contributed by atoms with E-state index in [1.165, 1.54) is 31.0 Å². The number of methoxy groups -OCH3 is 1. The Kier molecular flexibility index (Phi) is 8.73. The molecule has 1 fully saturated rings. The number of benzene rings is 2. The number of nitrogens with zero attached hydrogens (tertiary/aromatic N) is 1. The van der Waals surface area contributed by atoms with Gasteiger partial charge in [0.1, 0.15) is 10.1 Å². The molecule has 2 amide bonds. The molecule has 3 rings (SSSR count). The molecule has 9 heteroatoms. The maximum absolute atomic E-state index is 13.2. The first kappa shape index (κ1) is 24.6. The Balaban J connectivity index is 1.44. The molecule has 0 saturated carbocycles. The lowest BCUT2D eigenvalue weighted by Gasteiger charge is -2.14. The number of hydrogen-bond acceptors (Lipinski definition) is 6. The molecular formula is C24H23FN2O4S2. The summed E-state index contributed by atoms with van der Waals surface area (Å²) in [6, 6.07) is 12.5. The summed E-state index contributed by atoms with van der Waals surface area (Å²) in [5, 5.41) is 2.67. The molecule has 0 bridgehead atoms. The molecule has 1 aliphatic heterocycles. The van der Waals surface area contributed by atoms with Gasteiger partial charge in [0.15, 0.2) is 0 Å². The third-order valence-electron chi connectivity index (χ3n) is 4.90. The highest BCUT2D eigenvalue weighted by Crippen LogP contribution is 2.32. The van der Waals surface area contributed by atoms with Gasteiger partial charge in [-0.15, -0.1) is 0 Å². The van der Waals surface area contributed by atoms with Crippen LogP contribution < -0.4 is 5.32 Å². The second-order valence-electron chi connectivity index (χ2n) is 7.32. The molecule has 0 radical (unpaired) electrons. The van der Waals surface area contributed by atoms with Crippen molar-refractivity contribution in [1.29, 1.82) is 0 Å². The molecule has 1 aliphatic rings. The minimum Gasteiger partial charge on any atom is -0.465 e. The number of amides is 2. The first-order chi connectivity index (χ1) is 15.9. The van der Waals surface area contributed by atoms with Gasteiger partial charge in [0.05, 0.1) is 17.6 Å². The lowest BCUT2D eigenvalue weighted by atomic mass is 10.1. The molecule has 2 aromatic carbocycles. The van der Waals surface area contributed by atoms with Crippen molar-refractivity contribution in [1.82, 2.24) is 4.90 Å². The van der Waals surface area contributed by atoms with Gasteiger partial charge in [0.25, 0.3) is 5.91 Å². The van der Waals surface area contributed by atoms with E-state index in [1.807, 2.05) is 0 Å². The van der Waals surface area contributed by atoms with Gasteiger partial charge in [0, 0.05) is 18.7 Å². The summed E-state index contributed by atoms with van der Waals surface area (Å²) in [4.78, 5) is 38.3. The molecule has 0 atom stereocenters. The van der Waals surface area contributed by atoms with Gasteiger partial charge in [-0.05, 0) is 54.8 Å². The normalized spacial score (nSPS) is 14.6. The van der Waals surface area contributed by atoms with Crippen LogP contribution in [0.25, 0.3) is 6.08 Å². The molecule has 172 valence electrons. The number of carbonyl (C=O) groups excluding carboxylic acids is 3. The minimum atomic E-state index is -0.417. The lowest BCUT2D eigenvalue weighted by molar-refractivity contribution is -0.122. The Bertz CT molecular complexity index is 1090. The maximum Gasteiger partial charge on any atom is 0.337 e. The van der Waals surface area contributed by atoms with E-state index in [4.69, 9.17) is 12.2 Å². The Morgan fingerprint density at radius 2 is 1.91 bits per heavy atom. The number of thiocarbonyl (C=S) groups is 1. The van der Waals surface area contributed by atoms with Gasteiger partial charge >= 0.3 is 5.97 Å². The molecule has 0 aliphatic carbocycles. The fourth-order valence-corrected chi connectivity index (χ4v) is 4.51. The smallest absolute Gasteiger partial charge is 0.337 e. The van der Waals surface area contributed by atoms with E-state index in [9.17, 15) is 18.8 Å². The Morgan fingerprint density at radius 1 is 1.15 bits per heavy atom. The van der Waals surface area contributed by atoms with E-state index in [0.29, 0.717) is 46.3 Å². The number of nitrogens with one attached hydrogen (secondary N) is 1. The highest BCUT2D eigenvalue weighted by molar-refractivity contribution is 8.26. The van der Waals surface area contributed by atoms with Crippen molar-refractivity contribution < 1.29 is 23.5 Å². The summed E-state index contributed by atoms with van der Waals surface area (Å²) in [7, 11) is 1.32. The SMILES string of the molecule is COC(=O)c1ccc(C=C2SC(=S)N(CCCCCC(=O)Nc3cccc(F)c3)C2=O)cc1. The standard InChI is InChI=1S/C24H23FN2O4S2/c1-31-23(30)17-11-9-16(10-12-17)14-20-22(29)27(24(32)33-20)13-4-2-3-8-21(28)26-19-7-5-6-18(25)15-19/h5-7,9-12,14-15H,2-4,8,13H2,1H3,(H,26,28). The van der Waals surface area contributed by atoms with Crippen molar-refractivity contribution in [2.24, 2.45) is 0 Å². The van der Waals surface area contributed by atoms with Crippen LogP contribution in [0.4, 0.5) is 10.1 Å². The third-order valence-corrected chi connectivity index (χ3v) is 6.27. The van der Waals surface area contributed by atoms with Crippen molar-refractivity contribution >= 4 is 57.8 Å². The van der Waals surface area contributed by atoms with E-state index in [-0.39, 0.29) is 11.8 Å². The van der Waals surface area contributed by atoms with Gasteiger partial charge in [-0.1, -0.05) is 48.6 Å². The van der Waals surface area contributed by atoms with Gasteiger partial charge < -0.3 is 10.1 Å². The molecule has 1 N–H and O–H groups in total. The molecule has 1 saturated heterocycles. The molecule has 6 nitrogen and oxygen atoms in total. The summed E-state index contributed by atoms with van der Waals surface area (Å²) in [6.07, 6.45) is 4.17. The number of rotatable bonds is 9. The molecular weight excluding hydrogens is 463 g/mol. The Labute approximate surface area is 201 Å². The fraction of sp³-hybridized carbons (Fsp3) is 0.250. The van der Waals surface area contributed by atoms with Gasteiger partial charge in [-0.2, -0.15) is 0 Å². The number of unbranched alkanes of at least 4 members (excludes halogenated alkanes) is 2. The van der Waals surface area contributed by atoms with Crippen LogP contribution in [0, 0.1) is 5.82 Å². The Hall–Kier alpha value is -3.04. The van der Waals surface area contributed by atoms with E-state index < -0.39 is 11.8 Å². The monoisotopic (exact) mass is 486 g/mol. The van der Waals surface area contributed by atoms with Crippen LogP contribution in [-0.4, -0.2) is 40.7 Å². The van der Waals surface area contributed by atoms with Crippen LogP contribution in [0.2, 0.25) is 0 Å². The van der Waals surface area contributed by atoms with E-state index in [1.54, 1.807) is 47.4 Å². The Morgan fingerprint density at radius 3 is 2.61 bits per heavy atom.